The van der Waals surface area contributed by atoms with Gasteiger partial charge in [-0.3, -0.25) is 4.90 Å². The second-order valence-corrected chi connectivity index (χ2v) is 8.37. The Balaban J connectivity index is 1.17. The molecule has 1 aliphatic rings. The Hall–Kier alpha value is -3.55. The van der Waals surface area contributed by atoms with E-state index < -0.39 is 6.23 Å². The summed E-state index contributed by atoms with van der Waals surface area (Å²) >= 11 is 0. The number of hydrogen-bond acceptors (Lipinski definition) is 5. The molecule has 6 rings (SSSR count). The van der Waals surface area contributed by atoms with Crippen LogP contribution in [0, 0.1) is 0 Å². The van der Waals surface area contributed by atoms with Gasteiger partial charge in [0.1, 0.15) is 11.5 Å². The van der Waals surface area contributed by atoms with Crippen molar-refractivity contribution in [1.82, 2.24) is 29.8 Å². The molecule has 2 aromatic carbocycles. The minimum atomic E-state index is -0.740. The lowest BCUT2D eigenvalue weighted by molar-refractivity contribution is -0.0164. The van der Waals surface area contributed by atoms with Crippen molar-refractivity contribution in [3.05, 3.63) is 78.2 Å². The van der Waals surface area contributed by atoms with Crippen molar-refractivity contribution in [2.45, 2.75) is 25.0 Å². The minimum Gasteiger partial charge on any atom is -0.372 e. The number of para-hydroxylation sites is 4. The fourth-order valence-electron chi connectivity index (χ4n) is 4.57. The molecule has 7 heteroatoms. The predicted octanol–water partition coefficient (Wildman–Crippen LogP) is 4.37. The zero-order valence-corrected chi connectivity index (χ0v) is 17.6. The molecule has 0 spiro atoms. The second-order valence-electron chi connectivity index (χ2n) is 8.37. The SMILES string of the molecule is OC(c1cccc(-c2nc3ccccc3[nH]2)n1)N1CCC(c2nc3ccccc3[nH]2)CC1. The Kier molecular flexibility index (Phi) is 4.70. The molecule has 7 nitrogen and oxygen atoms in total. The molecule has 1 aliphatic heterocycles. The number of benzene rings is 2. The third-order valence-electron chi connectivity index (χ3n) is 6.34. The van der Waals surface area contributed by atoms with Gasteiger partial charge >= 0.3 is 0 Å². The second kappa shape index (κ2) is 7.85. The molecule has 0 radical (unpaired) electrons. The Morgan fingerprint density at radius 3 is 2.19 bits per heavy atom. The maximum Gasteiger partial charge on any atom is 0.157 e. The number of rotatable bonds is 4. The molecule has 0 aliphatic carbocycles. The Morgan fingerprint density at radius 2 is 1.47 bits per heavy atom. The zero-order valence-electron chi connectivity index (χ0n) is 17.6. The van der Waals surface area contributed by atoms with Crippen molar-refractivity contribution < 1.29 is 5.11 Å². The molecular weight excluding hydrogens is 400 g/mol. The number of pyridine rings is 1. The van der Waals surface area contributed by atoms with Crippen molar-refractivity contribution in [3.8, 4) is 11.5 Å². The van der Waals surface area contributed by atoms with E-state index in [4.69, 9.17) is 9.97 Å². The molecule has 160 valence electrons. The molecule has 1 saturated heterocycles. The molecule has 0 saturated carbocycles. The van der Waals surface area contributed by atoms with Gasteiger partial charge in [0.2, 0.25) is 0 Å². The van der Waals surface area contributed by atoms with Crippen LogP contribution in [0.4, 0.5) is 0 Å². The van der Waals surface area contributed by atoms with E-state index in [0.29, 0.717) is 17.4 Å². The highest BCUT2D eigenvalue weighted by atomic mass is 16.3. The van der Waals surface area contributed by atoms with Crippen molar-refractivity contribution in [2.24, 2.45) is 0 Å². The average Bonchev–Trinajstić information content (AvgIpc) is 3.48. The fraction of sp³-hybridized carbons (Fsp3) is 0.240. The van der Waals surface area contributed by atoms with Gasteiger partial charge in [0.15, 0.2) is 12.1 Å². The van der Waals surface area contributed by atoms with Crippen LogP contribution in [-0.4, -0.2) is 48.0 Å². The number of nitrogens with zero attached hydrogens (tertiary/aromatic N) is 4. The van der Waals surface area contributed by atoms with Crippen LogP contribution in [0.1, 0.15) is 36.5 Å². The van der Waals surface area contributed by atoms with E-state index in [1.54, 1.807) is 0 Å². The predicted molar refractivity (Wildman–Crippen MR) is 124 cm³/mol. The van der Waals surface area contributed by atoms with Crippen molar-refractivity contribution in [3.63, 3.8) is 0 Å². The summed E-state index contributed by atoms with van der Waals surface area (Å²) in [4.78, 5) is 23.0. The van der Waals surface area contributed by atoms with Crippen molar-refractivity contribution in [1.29, 1.82) is 0 Å². The number of likely N-dealkylation sites (tertiary alicyclic amines) is 1. The Labute approximate surface area is 185 Å². The molecule has 1 unspecified atom stereocenters. The van der Waals surface area contributed by atoms with E-state index in [9.17, 15) is 5.11 Å². The summed E-state index contributed by atoms with van der Waals surface area (Å²) in [5, 5.41) is 11.0. The first-order chi connectivity index (χ1) is 15.7. The van der Waals surface area contributed by atoms with Gasteiger partial charge in [-0.1, -0.05) is 30.3 Å². The van der Waals surface area contributed by atoms with E-state index >= 15 is 0 Å². The number of nitrogens with one attached hydrogen (secondary N) is 2. The smallest absolute Gasteiger partial charge is 0.157 e. The van der Waals surface area contributed by atoms with E-state index in [0.717, 1.165) is 59.5 Å². The molecule has 3 aromatic heterocycles. The Morgan fingerprint density at radius 1 is 0.781 bits per heavy atom. The van der Waals surface area contributed by atoms with Crippen LogP contribution < -0.4 is 0 Å². The first kappa shape index (κ1) is 19.2. The summed E-state index contributed by atoms with van der Waals surface area (Å²) in [6.45, 7) is 1.58. The Bertz CT molecular complexity index is 1320. The summed E-state index contributed by atoms with van der Waals surface area (Å²) in [5.74, 6) is 2.13. The lowest BCUT2D eigenvalue weighted by Crippen LogP contribution is -2.36. The number of fused-ring (bicyclic) bond motifs is 2. The van der Waals surface area contributed by atoms with E-state index in [1.807, 2.05) is 60.7 Å². The van der Waals surface area contributed by atoms with Gasteiger partial charge in [0, 0.05) is 19.0 Å². The summed E-state index contributed by atoms with van der Waals surface area (Å²) in [6, 6.07) is 21.8. The van der Waals surface area contributed by atoms with Gasteiger partial charge in [-0.2, -0.15) is 0 Å². The number of aliphatic hydroxyl groups is 1. The number of H-pyrrole nitrogens is 2. The topological polar surface area (TPSA) is 93.7 Å². The summed E-state index contributed by atoms with van der Waals surface area (Å²) in [5.41, 5.74) is 5.35. The standard InChI is InChI=1S/C25H24N6O/c32-25(22-11-5-10-21(26-22)24-29-19-8-3-4-9-20(19)30-24)31-14-12-16(13-15-31)23-27-17-6-1-2-7-18(17)28-23/h1-11,16,25,32H,12-15H2,(H,27,28)(H,29,30). The van der Waals surface area contributed by atoms with Gasteiger partial charge in [-0.25, -0.2) is 15.0 Å². The van der Waals surface area contributed by atoms with Gasteiger partial charge in [0.05, 0.1) is 27.8 Å². The fourth-order valence-corrected chi connectivity index (χ4v) is 4.57. The number of aromatic nitrogens is 5. The van der Waals surface area contributed by atoms with Crippen LogP contribution in [0.5, 0.6) is 0 Å². The monoisotopic (exact) mass is 424 g/mol. The molecule has 0 bridgehead atoms. The van der Waals surface area contributed by atoms with Gasteiger partial charge in [0.25, 0.3) is 0 Å². The molecule has 5 aromatic rings. The van der Waals surface area contributed by atoms with Crippen LogP contribution in [-0.2, 0) is 0 Å². The van der Waals surface area contributed by atoms with Crippen molar-refractivity contribution in [2.75, 3.05) is 13.1 Å². The van der Waals surface area contributed by atoms with Gasteiger partial charge in [-0.15, -0.1) is 0 Å². The number of aliphatic hydroxyl groups excluding tert-OH is 1. The minimum absolute atomic E-state index is 0.376. The summed E-state index contributed by atoms with van der Waals surface area (Å²) < 4.78 is 0. The van der Waals surface area contributed by atoms with Crippen molar-refractivity contribution >= 4 is 22.1 Å². The zero-order chi connectivity index (χ0) is 21.5. The lowest BCUT2D eigenvalue weighted by atomic mass is 9.96. The average molecular weight is 425 g/mol. The first-order valence-electron chi connectivity index (χ1n) is 11.0. The van der Waals surface area contributed by atoms with Gasteiger partial charge < -0.3 is 15.1 Å². The normalized spacial score (nSPS) is 16.7. The third-order valence-corrected chi connectivity index (χ3v) is 6.34. The number of imidazole rings is 2. The van der Waals surface area contributed by atoms with Crippen LogP contribution >= 0.6 is 0 Å². The highest BCUT2D eigenvalue weighted by Gasteiger charge is 2.28. The molecule has 0 amide bonds. The molecule has 32 heavy (non-hydrogen) atoms. The first-order valence-corrected chi connectivity index (χ1v) is 11.0. The molecular formula is C25H24N6O. The van der Waals surface area contributed by atoms with Crippen LogP contribution in [0.3, 0.4) is 0 Å². The van der Waals surface area contributed by atoms with E-state index in [2.05, 4.69) is 25.9 Å². The molecule has 1 fully saturated rings. The van der Waals surface area contributed by atoms with E-state index in [-0.39, 0.29) is 0 Å². The summed E-state index contributed by atoms with van der Waals surface area (Å²) in [7, 11) is 0. The third kappa shape index (κ3) is 3.45. The maximum atomic E-state index is 11.0. The molecule has 4 heterocycles. The highest BCUT2D eigenvalue weighted by Crippen LogP contribution is 2.31. The lowest BCUT2D eigenvalue weighted by Gasteiger charge is -2.34. The number of piperidine rings is 1. The van der Waals surface area contributed by atoms with Crippen LogP contribution in [0.2, 0.25) is 0 Å². The summed E-state index contributed by atoms with van der Waals surface area (Å²) in [6.07, 6.45) is 1.15. The molecule has 3 N–H and O–H groups in total. The number of aromatic amines is 2. The van der Waals surface area contributed by atoms with Gasteiger partial charge in [-0.05, 0) is 49.2 Å². The van der Waals surface area contributed by atoms with E-state index in [1.165, 1.54) is 0 Å². The van der Waals surface area contributed by atoms with Crippen LogP contribution in [0.25, 0.3) is 33.6 Å². The maximum absolute atomic E-state index is 11.0. The largest absolute Gasteiger partial charge is 0.372 e. The van der Waals surface area contributed by atoms with Crippen LogP contribution in [0.15, 0.2) is 66.7 Å². The highest BCUT2D eigenvalue weighted by molar-refractivity contribution is 5.78. The number of hydrogen-bond donors (Lipinski definition) is 3. The molecule has 1 atom stereocenters. The quantitative estimate of drug-likeness (QED) is 0.398.